The Hall–Kier alpha value is -3.73. The zero-order valence-corrected chi connectivity index (χ0v) is 14.3. The average molecular weight is 388 g/mol. The van der Waals surface area contributed by atoms with Gasteiger partial charge in [0.25, 0.3) is 15.7 Å². The van der Waals surface area contributed by atoms with Crippen LogP contribution in [0.5, 0.6) is 0 Å². The summed E-state index contributed by atoms with van der Waals surface area (Å²) in [7, 11) is -3.96. The second-order valence-corrected chi connectivity index (χ2v) is 7.07. The van der Waals surface area contributed by atoms with E-state index in [1.807, 2.05) is 0 Å². The van der Waals surface area contributed by atoms with Crippen LogP contribution in [0.2, 0.25) is 0 Å². The van der Waals surface area contributed by atoms with Gasteiger partial charge in [0.1, 0.15) is 0 Å². The van der Waals surface area contributed by atoms with Gasteiger partial charge in [0.15, 0.2) is 0 Å². The molecular formula is C16H12N4O6S. The number of rotatable bonds is 6. The molecule has 0 bridgehead atoms. The summed E-state index contributed by atoms with van der Waals surface area (Å²) < 4.78 is 28.3. The Bertz CT molecular complexity index is 1120. The molecule has 0 fully saturated rings. The highest BCUT2D eigenvalue weighted by atomic mass is 32.2. The zero-order valence-electron chi connectivity index (χ0n) is 13.5. The van der Waals surface area contributed by atoms with E-state index < -0.39 is 20.9 Å². The van der Waals surface area contributed by atoms with E-state index in [2.05, 4.69) is 9.82 Å². The topological polar surface area (TPSA) is 144 Å². The van der Waals surface area contributed by atoms with Crippen molar-refractivity contribution >= 4 is 27.4 Å². The van der Waals surface area contributed by atoms with Crippen LogP contribution < -0.4 is 4.72 Å². The summed E-state index contributed by atoms with van der Waals surface area (Å²) in [5.41, 5.74) is -0.434. The van der Waals surface area contributed by atoms with Crippen LogP contribution in [0.1, 0.15) is 10.4 Å². The van der Waals surface area contributed by atoms with Crippen LogP contribution in [-0.2, 0) is 10.0 Å². The Morgan fingerprint density at radius 1 is 1.19 bits per heavy atom. The van der Waals surface area contributed by atoms with E-state index in [1.165, 1.54) is 18.2 Å². The summed E-state index contributed by atoms with van der Waals surface area (Å²) >= 11 is 0. The summed E-state index contributed by atoms with van der Waals surface area (Å²) in [5, 5.41) is 24.0. The lowest BCUT2D eigenvalue weighted by Crippen LogP contribution is -2.13. The molecule has 10 nitrogen and oxygen atoms in total. The van der Waals surface area contributed by atoms with Gasteiger partial charge in [0.2, 0.25) is 0 Å². The molecule has 0 spiro atoms. The van der Waals surface area contributed by atoms with Gasteiger partial charge in [-0.2, -0.15) is 5.10 Å². The van der Waals surface area contributed by atoms with Crippen LogP contribution in [0, 0.1) is 10.1 Å². The molecule has 2 N–H and O–H groups in total. The maximum absolute atomic E-state index is 12.4. The van der Waals surface area contributed by atoms with Crippen LogP contribution in [0.25, 0.3) is 5.69 Å². The summed E-state index contributed by atoms with van der Waals surface area (Å²) in [6.07, 6.45) is 2.24. The lowest BCUT2D eigenvalue weighted by Gasteiger charge is -2.10. The van der Waals surface area contributed by atoms with E-state index in [-0.39, 0.29) is 27.5 Å². The molecule has 0 aliphatic rings. The first-order valence-electron chi connectivity index (χ1n) is 7.42. The number of nitro groups is 1. The molecule has 2 aromatic carbocycles. The number of carboxylic acid groups (broad SMARTS) is 1. The lowest BCUT2D eigenvalue weighted by molar-refractivity contribution is -0.384. The van der Waals surface area contributed by atoms with Crippen molar-refractivity contribution in [3.05, 3.63) is 76.6 Å². The van der Waals surface area contributed by atoms with E-state index in [9.17, 15) is 23.3 Å². The van der Waals surface area contributed by atoms with Gasteiger partial charge in [-0.25, -0.2) is 17.9 Å². The smallest absolute Gasteiger partial charge is 0.338 e. The number of anilines is 1. The fourth-order valence-electron chi connectivity index (χ4n) is 2.28. The van der Waals surface area contributed by atoms with Gasteiger partial charge in [-0.05, 0) is 18.2 Å². The number of nitrogens with one attached hydrogen (secondary N) is 1. The number of nitrogens with zero attached hydrogens (tertiary/aromatic N) is 3. The van der Waals surface area contributed by atoms with Gasteiger partial charge in [-0.15, -0.1) is 0 Å². The second-order valence-electron chi connectivity index (χ2n) is 5.39. The normalized spacial score (nSPS) is 11.1. The van der Waals surface area contributed by atoms with Gasteiger partial charge in [-0.1, -0.05) is 18.2 Å². The minimum atomic E-state index is -3.96. The van der Waals surface area contributed by atoms with Crippen molar-refractivity contribution in [2.24, 2.45) is 0 Å². The maximum Gasteiger partial charge on any atom is 0.338 e. The third-order valence-electron chi connectivity index (χ3n) is 3.51. The number of aromatic carboxylic acids is 1. The predicted molar refractivity (Wildman–Crippen MR) is 94.4 cm³/mol. The van der Waals surface area contributed by atoms with Crippen molar-refractivity contribution in [1.29, 1.82) is 0 Å². The first-order valence-corrected chi connectivity index (χ1v) is 8.90. The highest BCUT2D eigenvalue weighted by Crippen LogP contribution is 2.25. The molecule has 0 amide bonds. The summed E-state index contributed by atoms with van der Waals surface area (Å²) in [4.78, 5) is 21.5. The van der Waals surface area contributed by atoms with Crippen LogP contribution in [0.15, 0.2) is 65.8 Å². The van der Waals surface area contributed by atoms with Crippen molar-refractivity contribution in [2.45, 2.75) is 4.90 Å². The first-order chi connectivity index (χ1) is 12.8. The Morgan fingerprint density at radius 3 is 2.48 bits per heavy atom. The van der Waals surface area contributed by atoms with Crippen LogP contribution >= 0.6 is 0 Å². The molecule has 3 rings (SSSR count). The largest absolute Gasteiger partial charge is 0.478 e. The molecule has 138 valence electrons. The van der Waals surface area contributed by atoms with Gasteiger partial charge >= 0.3 is 5.97 Å². The van der Waals surface area contributed by atoms with Crippen molar-refractivity contribution < 1.29 is 23.2 Å². The van der Waals surface area contributed by atoms with Gasteiger partial charge < -0.3 is 5.11 Å². The minimum Gasteiger partial charge on any atom is -0.478 e. The number of hydrogen-bond donors (Lipinski definition) is 2. The third-order valence-corrected chi connectivity index (χ3v) is 4.91. The quantitative estimate of drug-likeness (QED) is 0.487. The van der Waals surface area contributed by atoms with Crippen LogP contribution in [-0.4, -0.2) is 34.2 Å². The molecule has 0 aliphatic heterocycles. The molecule has 11 heteroatoms. The van der Waals surface area contributed by atoms with Crippen molar-refractivity contribution in [1.82, 2.24) is 9.78 Å². The fraction of sp³-hybridized carbons (Fsp3) is 0. The van der Waals surface area contributed by atoms with Gasteiger partial charge in [0, 0.05) is 18.3 Å². The Balaban J connectivity index is 2.04. The van der Waals surface area contributed by atoms with E-state index >= 15 is 0 Å². The number of non-ortho nitro benzene ring substituents is 1. The summed E-state index contributed by atoms with van der Waals surface area (Å²) in [6, 6.07) is 11.0. The van der Waals surface area contributed by atoms with E-state index in [0.29, 0.717) is 0 Å². The number of carbonyl (C=O) groups is 1. The number of nitro benzene ring substituents is 1. The molecule has 0 unspecified atom stereocenters. The number of benzene rings is 2. The molecule has 27 heavy (non-hydrogen) atoms. The fourth-order valence-corrected chi connectivity index (χ4v) is 3.34. The highest BCUT2D eigenvalue weighted by molar-refractivity contribution is 7.92. The Labute approximate surface area is 152 Å². The summed E-state index contributed by atoms with van der Waals surface area (Å²) in [5.74, 6) is -1.21. The Kier molecular flexibility index (Phi) is 4.60. The number of hydrogen-bond acceptors (Lipinski definition) is 6. The number of aromatic nitrogens is 2. The standard InChI is InChI=1S/C16H12N4O6S/c21-16(22)11-9-17-19(10-11)13-6-12(7-14(8-13)20(23)24)18-27(25,26)15-4-2-1-3-5-15/h1-10,18H,(H,21,22). The molecule has 0 atom stereocenters. The average Bonchev–Trinajstić information content (AvgIpc) is 3.12. The number of sulfonamides is 1. The van der Waals surface area contributed by atoms with Crippen molar-refractivity contribution in [3.8, 4) is 5.69 Å². The van der Waals surface area contributed by atoms with Gasteiger partial charge in [0.05, 0.1) is 33.0 Å². The lowest BCUT2D eigenvalue weighted by atomic mass is 10.2. The molecule has 1 aromatic heterocycles. The molecule has 0 radical (unpaired) electrons. The zero-order chi connectivity index (χ0) is 19.6. The monoisotopic (exact) mass is 388 g/mol. The van der Waals surface area contributed by atoms with Crippen molar-refractivity contribution in [2.75, 3.05) is 4.72 Å². The van der Waals surface area contributed by atoms with Crippen molar-refractivity contribution in [3.63, 3.8) is 0 Å². The highest BCUT2D eigenvalue weighted by Gasteiger charge is 2.18. The molecule has 3 aromatic rings. The Morgan fingerprint density at radius 2 is 1.89 bits per heavy atom. The summed E-state index contributed by atoms with van der Waals surface area (Å²) in [6.45, 7) is 0. The SMILES string of the molecule is O=C(O)c1cnn(-c2cc(NS(=O)(=O)c3ccccc3)cc([N+](=O)[O-])c2)c1. The minimum absolute atomic E-state index is 0.00897. The van der Waals surface area contributed by atoms with E-state index in [4.69, 9.17) is 5.11 Å². The third kappa shape index (κ3) is 3.93. The molecule has 0 saturated carbocycles. The van der Waals surface area contributed by atoms with E-state index in [1.54, 1.807) is 18.2 Å². The van der Waals surface area contributed by atoms with E-state index in [0.717, 1.165) is 29.2 Å². The molecule has 0 saturated heterocycles. The second kappa shape index (κ2) is 6.88. The maximum atomic E-state index is 12.4. The van der Waals surface area contributed by atoms with Crippen LogP contribution in [0.3, 0.4) is 0 Å². The molecular weight excluding hydrogens is 376 g/mol. The first kappa shape index (κ1) is 18.1. The molecule has 0 aliphatic carbocycles. The van der Waals surface area contributed by atoms with Crippen LogP contribution in [0.4, 0.5) is 11.4 Å². The molecule has 1 heterocycles. The van der Waals surface area contributed by atoms with Gasteiger partial charge in [-0.3, -0.25) is 14.8 Å². The predicted octanol–water partition coefficient (Wildman–Crippen LogP) is 2.28. The number of carboxylic acids is 1.